The minimum atomic E-state index is -1.32. The van der Waals surface area contributed by atoms with Crippen LogP contribution in [-0.4, -0.2) is 36.1 Å². The summed E-state index contributed by atoms with van der Waals surface area (Å²) in [6.07, 6.45) is -0.321. The Bertz CT molecular complexity index is 563. The van der Waals surface area contributed by atoms with Gasteiger partial charge in [-0.05, 0) is 24.6 Å². The van der Waals surface area contributed by atoms with Crippen molar-refractivity contribution in [2.45, 2.75) is 18.9 Å². The molecule has 8 heteroatoms. The van der Waals surface area contributed by atoms with Crippen LogP contribution in [0.1, 0.15) is 23.2 Å². The van der Waals surface area contributed by atoms with Crippen LogP contribution in [0.25, 0.3) is 0 Å². The van der Waals surface area contributed by atoms with Gasteiger partial charge < -0.3 is 15.2 Å². The topological polar surface area (TPSA) is 92.7 Å². The first-order valence-corrected chi connectivity index (χ1v) is 6.70. The summed E-state index contributed by atoms with van der Waals surface area (Å²) >= 11 is 3.09. The highest BCUT2D eigenvalue weighted by Crippen LogP contribution is 2.16. The summed E-state index contributed by atoms with van der Waals surface area (Å²) in [5, 5.41) is 11.2. The first-order valence-electron chi connectivity index (χ1n) is 5.90. The van der Waals surface area contributed by atoms with E-state index in [0.29, 0.717) is 4.47 Å². The lowest BCUT2D eigenvalue weighted by molar-refractivity contribution is -0.142. The van der Waals surface area contributed by atoms with Crippen molar-refractivity contribution in [1.29, 1.82) is 0 Å². The van der Waals surface area contributed by atoms with Crippen molar-refractivity contribution in [2.24, 2.45) is 0 Å². The van der Waals surface area contributed by atoms with E-state index in [-0.39, 0.29) is 18.4 Å². The molecule has 1 rings (SSSR count). The smallest absolute Gasteiger partial charge is 0.326 e. The van der Waals surface area contributed by atoms with Gasteiger partial charge in [-0.15, -0.1) is 0 Å². The number of nitrogens with one attached hydrogen (secondary N) is 1. The molecule has 1 amide bonds. The highest BCUT2D eigenvalue weighted by molar-refractivity contribution is 9.10. The van der Waals surface area contributed by atoms with E-state index in [1.54, 1.807) is 0 Å². The van der Waals surface area contributed by atoms with E-state index in [2.05, 4.69) is 26.0 Å². The van der Waals surface area contributed by atoms with Crippen LogP contribution in [0.4, 0.5) is 4.39 Å². The Balaban J connectivity index is 2.79. The van der Waals surface area contributed by atoms with Gasteiger partial charge in [-0.25, -0.2) is 9.18 Å². The van der Waals surface area contributed by atoms with Gasteiger partial charge in [-0.2, -0.15) is 0 Å². The molecule has 0 bridgehead atoms. The molecule has 0 aliphatic rings. The van der Waals surface area contributed by atoms with Crippen LogP contribution in [0.3, 0.4) is 0 Å². The number of rotatable bonds is 6. The summed E-state index contributed by atoms with van der Waals surface area (Å²) < 4.78 is 18.4. The van der Waals surface area contributed by atoms with Gasteiger partial charge in [0.1, 0.15) is 11.9 Å². The number of carbonyl (C=O) groups excluding carboxylic acids is 2. The Labute approximate surface area is 128 Å². The van der Waals surface area contributed by atoms with Crippen molar-refractivity contribution >= 4 is 33.8 Å². The van der Waals surface area contributed by atoms with Crippen molar-refractivity contribution in [3.05, 3.63) is 34.1 Å². The zero-order chi connectivity index (χ0) is 16.0. The molecule has 1 aromatic rings. The van der Waals surface area contributed by atoms with Crippen LogP contribution >= 0.6 is 15.9 Å². The maximum Gasteiger partial charge on any atom is 0.326 e. The Morgan fingerprint density at radius 3 is 2.67 bits per heavy atom. The van der Waals surface area contributed by atoms with Crippen LogP contribution in [0.2, 0.25) is 0 Å². The van der Waals surface area contributed by atoms with Crippen molar-refractivity contribution < 1.29 is 28.6 Å². The molecule has 0 radical (unpaired) electrons. The van der Waals surface area contributed by atoms with Crippen LogP contribution in [-0.2, 0) is 14.3 Å². The number of halogens is 2. The number of esters is 1. The first-order chi connectivity index (χ1) is 9.85. The van der Waals surface area contributed by atoms with Crippen molar-refractivity contribution in [3.8, 4) is 0 Å². The lowest BCUT2D eigenvalue weighted by Crippen LogP contribution is -2.41. The van der Waals surface area contributed by atoms with Crippen LogP contribution in [0, 0.1) is 5.82 Å². The predicted octanol–water partition coefficient (Wildman–Crippen LogP) is 1.72. The van der Waals surface area contributed by atoms with Crippen LogP contribution < -0.4 is 5.32 Å². The molecular formula is C13H13BrFNO5. The SMILES string of the molecule is COC(=O)CC[C@H](NC(=O)c1cc(Br)ccc1F)C(=O)O. The molecule has 0 saturated heterocycles. The highest BCUT2D eigenvalue weighted by atomic mass is 79.9. The third-order valence-corrected chi connectivity index (χ3v) is 3.13. The van der Waals surface area contributed by atoms with Gasteiger partial charge in [0.2, 0.25) is 0 Å². The fraction of sp³-hybridized carbons (Fsp3) is 0.308. The number of benzene rings is 1. The monoisotopic (exact) mass is 361 g/mol. The van der Waals surface area contributed by atoms with Gasteiger partial charge >= 0.3 is 11.9 Å². The molecule has 0 aliphatic heterocycles. The van der Waals surface area contributed by atoms with Gasteiger partial charge in [-0.1, -0.05) is 15.9 Å². The van der Waals surface area contributed by atoms with Gasteiger partial charge in [0.05, 0.1) is 12.7 Å². The standard InChI is InChI=1S/C13H13BrFNO5/c1-21-11(17)5-4-10(13(19)20)16-12(18)8-6-7(14)2-3-9(8)15/h2-3,6,10H,4-5H2,1H3,(H,16,18)(H,19,20)/t10-/m0/s1. The second kappa shape index (κ2) is 7.72. The third-order valence-electron chi connectivity index (χ3n) is 2.64. The number of carbonyl (C=O) groups is 3. The molecule has 0 saturated carbocycles. The number of methoxy groups -OCH3 is 1. The Morgan fingerprint density at radius 1 is 1.43 bits per heavy atom. The van der Waals surface area contributed by atoms with Gasteiger partial charge in [0.15, 0.2) is 0 Å². The fourth-order valence-corrected chi connectivity index (χ4v) is 1.89. The molecular weight excluding hydrogens is 349 g/mol. The van der Waals surface area contributed by atoms with Crippen molar-refractivity contribution in [3.63, 3.8) is 0 Å². The molecule has 2 N–H and O–H groups in total. The summed E-state index contributed by atoms with van der Waals surface area (Å²) in [5.41, 5.74) is -0.284. The van der Waals surface area contributed by atoms with E-state index >= 15 is 0 Å². The number of ether oxygens (including phenoxy) is 1. The summed E-state index contributed by atoms with van der Waals surface area (Å²) in [5.74, 6) is -3.55. The van der Waals surface area contributed by atoms with E-state index in [0.717, 1.165) is 6.07 Å². The summed E-state index contributed by atoms with van der Waals surface area (Å²) in [6, 6.07) is 2.43. The number of aliphatic carboxylic acids is 1. The first kappa shape index (κ1) is 17.1. The molecule has 0 aliphatic carbocycles. The van der Waals surface area contributed by atoms with E-state index < -0.39 is 29.7 Å². The van der Waals surface area contributed by atoms with Crippen LogP contribution in [0.15, 0.2) is 22.7 Å². The highest BCUT2D eigenvalue weighted by Gasteiger charge is 2.23. The Kier molecular flexibility index (Phi) is 6.29. The zero-order valence-corrected chi connectivity index (χ0v) is 12.6. The molecule has 6 nitrogen and oxygen atoms in total. The van der Waals surface area contributed by atoms with E-state index in [1.807, 2.05) is 0 Å². The minimum Gasteiger partial charge on any atom is -0.480 e. The second-order valence-electron chi connectivity index (χ2n) is 4.10. The zero-order valence-electron chi connectivity index (χ0n) is 11.1. The van der Waals surface area contributed by atoms with Crippen molar-refractivity contribution in [1.82, 2.24) is 5.32 Å². The quantitative estimate of drug-likeness (QED) is 0.752. The molecule has 0 heterocycles. The predicted molar refractivity (Wildman–Crippen MR) is 74.2 cm³/mol. The summed E-state index contributed by atoms with van der Waals surface area (Å²) in [6.45, 7) is 0. The molecule has 0 fully saturated rings. The third kappa shape index (κ3) is 5.14. The lowest BCUT2D eigenvalue weighted by atomic mass is 10.1. The summed E-state index contributed by atoms with van der Waals surface area (Å²) in [4.78, 5) is 33.9. The number of amides is 1. The number of hydrogen-bond donors (Lipinski definition) is 2. The fourth-order valence-electron chi connectivity index (χ4n) is 1.53. The maximum atomic E-state index is 13.5. The van der Waals surface area contributed by atoms with E-state index in [9.17, 15) is 18.8 Å². The van der Waals surface area contributed by atoms with Crippen LogP contribution in [0.5, 0.6) is 0 Å². The molecule has 1 aromatic carbocycles. The van der Waals surface area contributed by atoms with Gasteiger partial charge in [0, 0.05) is 10.9 Å². The molecule has 114 valence electrons. The molecule has 21 heavy (non-hydrogen) atoms. The Hall–Kier alpha value is -1.96. The van der Waals surface area contributed by atoms with Crippen molar-refractivity contribution in [2.75, 3.05) is 7.11 Å². The van der Waals surface area contributed by atoms with E-state index in [1.165, 1.54) is 19.2 Å². The number of hydrogen-bond acceptors (Lipinski definition) is 4. The Morgan fingerprint density at radius 2 is 2.10 bits per heavy atom. The summed E-state index contributed by atoms with van der Waals surface area (Å²) in [7, 11) is 1.17. The van der Waals surface area contributed by atoms with Gasteiger partial charge in [0.25, 0.3) is 5.91 Å². The average molecular weight is 362 g/mol. The second-order valence-corrected chi connectivity index (χ2v) is 5.02. The minimum absolute atomic E-state index is 0.149. The molecule has 0 unspecified atom stereocenters. The molecule has 0 spiro atoms. The lowest BCUT2D eigenvalue weighted by Gasteiger charge is -2.14. The molecule has 0 aromatic heterocycles. The number of carboxylic acid groups (broad SMARTS) is 1. The maximum absolute atomic E-state index is 13.5. The number of carboxylic acids is 1. The average Bonchev–Trinajstić information content (AvgIpc) is 2.44. The normalized spacial score (nSPS) is 11.6. The molecule has 1 atom stereocenters. The largest absolute Gasteiger partial charge is 0.480 e. The van der Waals surface area contributed by atoms with E-state index in [4.69, 9.17) is 5.11 Å². The van der Waals surface area contributed by atoms with Gasteiger partial charge in [-0.3, -0.25) is 9.59 Å².